The molecular formula is C29H21Br2N5Na3O13S3. The third kappa shape index (κ3) is 13.1. The van der Waals surface area contributed by atoms with E-state index in [0.717, 1.165) is 18.2 Å². The first-order chi connectivity index (χ1) is 24.0. The van der Waals surface area contributed by atoms with Gasteiger partial charge in [0.05, 0.1) is 19.5 Å². The van der Waals surface area contributed by atoms with Gasteiger partial charge in [-0.1, -0.05) is 19.2 Å². The van der Waals surface area contributed by atoms with E-state index in [2.05, 4.69) is 71.2 Å². The number of hydrogen-bond acceptors (Lipinski definition) is 12. The van der Waals surface area contributed by atoms with Crippen molar-refractivity contribution in [1.82, 2.24) is 0 Å². The summed E-state index contributed by atoms with van der Waals surface area (Å²) in [6.07, 6.45) is 0. The number of azo groups is 1. The fraction of sp³-hybridized carbons (Fsp3) is 0. The maximum Gasteiger partial charge on any atom is 0.296 e. The Morgan fingerprint density at radius 2 is 1.20 bits per heavy atom. The van der Waals surface area contributed by atoms with E-state index >= 15 is 0 Å². The molecule has 0 saturated carbocycles. The summed E-state index contributed by atoms with van der Waals surface area (Å²) in [4.78, 5) is 34.4. The summed E-state index contributed by atoms with van der Waals surface area (Å²) in [7, 11) is -15.5. The Bertz CT molecular complexity index is 2630. The Balaban J connectivity index is 0.00000504. The summed E-state index contributed by atoms with van der Waals surface area (Å²) in [5.41, 5.74) is -2.48. The summed E-state index contributed by atoms with van der Waals surface area (Å²) in [6, 6.07) is 10.0. The molecule has 18 nitrogen and oxygen atoms in total. The van der Waals surface area contributed by atoms with Crippen molar-refractivity contribution in [3.05, 3.63) is 88.3 Å². The smallest absolute Gasteiger partial charge is 0.296 e. The molecule has 0 spiro atoms. The molecular weight excluding hydrogens is 951 g/mol. The second kappa shape index (κ2) is 20.2. The van der Waals surface area contributed by atoms with Crippen LogP contribution in [0.5, 0.6) is 5.75 Å². The van der Waals surface area contributed by atoms with E-state index in [1.54, 1.807) is 0 Å². The molecule has 0 atom stereocenters. The van der Waals surface area contributed by atoms with Crippen LogP contribution < -0.4 is 16.0 Å². The topological polar surface area (TPSA) is 295 Å². The molecule has 0 aromatic heterocycles. The number of aromatic hydroxyl groups is 1. The number of anilines is 3. The molecule has 26 heteroatoms. The van der Waals surface area contributed by atoms with Crippen LogP contribution in [0.3, 0.4) is 0 Å². The molecule has 7 N–H and O–H groups in total. The summed E-state index contributed by atoms with van der Waals surface area (Å²) in [5.74, 6) is -3.57. The monoisotopic (exact) mass is 970 g/mol. The average Bonchev–Trinajstić information content (AvgIpc) is 3.02. The number of carbonyl (C=O) groups is 3. The first-order valence-electron chi connectivity index (χ1n) is 13.5. The van der Waals surface area contributed by atoms with Gasteiger partial charge in [0.25, 0.3) is 48.1 Å². The number of fused-ring (bicyclic) bond motifs is 1. The molecule has 0 saturated heterocycles. The van der Waals surface area contributed by atoms with Gasteiger partial charge in [-0.15, -0.1) is 10.2 Å². The number of amides is 3. The molecule has 275 valence electrons. The van der Waals surface area contributed by atoms with Crippen LogP contribution >= 0.6 is 31.9 Å². The van der Waals surface area contributed by atoms with Gasteiger partial charge in [0.1, 0.15) is 21.2 Å². The maximum atomic E-state index is 13.4. The predicted octanol–water partition coefficient (Wildman–Crippen LogP) is 4.51. The number of nitrogens with one attached hydrogen (secondary N) is 3. The zero-order valence-corrected chi connectivity index (χ0v) is 40.1. The molecule has 0 aliphatic rings. The van der Waals surface area contributed by atoms with Crippen LogP contribution in [0.15, 0.2) is 108 Å². The molecule has 55 heavy (non-hydrogen) atoms. The summed E-state index contributed by atoms with van der Waals surface area (Å²) in [6.45, 7) is 6.81. The molecule has 0 unspecified atom stereocenters. The first kappa shape index (κ1) is 51.1. The zero-order chi connectivity index (χ0) is 38.9. The number of hydrogen-bond donors (Lipinski definition) is 7. The van der Waals surface area contributed by atoms with Gasteiger partial charge in [-0.25, -0.2) is 0 Å². The maximum absolute atomic E-state index is 13.4. The Kier molecular flexibility index (Phi) is 18.8. The van der Waals surface area contributed by atoms with Gasteiger partial charge >= 0.3 is 0 Å². The standard InChI is InChI=1S/C29H21Br2N5O13S3.3Na/c1-13(30)27(38)32-17-5-3-4-15(8-17)29(40)34-21-12-19(50(41,42)43)9-16-10-23(52(47,48)49)25(26(37)24(16)21)36-35-20-11-18(33-28(39)14(2)31)6-7-22(20)51(44,45)46;;;/h3-12,37H,1-2H2,(H,32,38)(H,33,39)(H,34,40)(H,41,42,43)(H,44,45,46)(H,47,48,49);;;. The number of halogens is 2. The van der Waals surface area contributed by atoms with Gasteiger partial charge in [0, 0.05) is 111 Å². The van der Waals surface area contributed by atoms with E-state index in [4.69, 9.17) is 0 Å². The van der Waals surface area contributed by atoms with Gasteiger partial charge in [0.2, 0.25) is 0 Å². The quantitative estimate of drug-likeness (QED) is 0.0472. The minimum Gasteiger partial charge on any atom is -0.505 e. The van der Waals surface area contributed by atoms with Crippen molar-refractivity contribution in [2.24, 2.45) is 10.2 Å². The molecule has 4 rings (SSSR count). The van der Waals surface area contributed by atoms with Crippen molar-refractivity contribution in [2.45, 2.75) is 14.7 Å². The van der Waals surface area contributed by atoms with Crippen molar-refractivity contribution in [1.29, 1.82) is 0 Å². The molecule has 4 aromatic rings. The third-order valence-corrected chi connectivity index (χ3v) is 9.89. The van der Waals surface area contributed by atoms with Crippen molar-refractivity contribution >= 4 is 208 Å². The summed E-state index contributed by atoms with van der Waals surface area (Å²) < 4.78 is 103. The molecule has 3 amide bonds. The van der Waals surface area contributed by atoms with Crippen molar-refractivity contribution < 1.29 is 58.4 Å². The third-order valence-electron chi connectivity index (χ3n) is 6.58. The number of phenols is 1. The van der Waals surface area contributed by atoms with E-state index in [0.29, 0.717) is 18.2 Å². The van der Waals surface area contributed by atoms with Crippen molar-refractivity contribution in [3.63, 3.8) is 0 Å². The zero-order valence-electron chi connectivity index (χ0n) is 28.5. The minimum atomic E-state index is -5.37. The predicted molar refractivity (Wildman–Crippen MR) is 211 cm³/mol. The first-order valence-corrected chi connectivity index (χ1v) is 19.4. The molecule has 0 bridgehead atoms. The second-order valence-corrected chi connectivity index (χ2v) is 16.3. The fourth-order valence-corrected chi connectivity index (χ4v) is 6.33. The van der Waals surface area contributed by atoms with Crippen molar-refractivity contribution in [3.8, 4) is 5.75 Å². The van der Waals surface area contributed by atoms with E-state index in [1.165, 1.54) is 24.3 Å². The molecule has 3 radical (unpaired) electrons. The number of phenolic OH excluding ortho intramolecular Hbond substituents is 1. The molecule has 0 aliphatic carbocycles. The van der Waals surface area contributed by atoms with E-state index in [9.17, 15) is 58.4 Å². The van der Waals surface area contributed by atoms with Crippen LogP contribution in [0.25, 0.3) is 10.8 Å². The van der Waals surface area contributed by atoms with Gasteiger partial charge in [-0.2, -0.15) is 25.3 Å². The van der Waals surface area contributed by atoms with Crippen molar-refractivity contribution in [2.75, 3.05) is 16.0 Å². The van der Waals surface area contributed by atoms with Crippen LogP contribution in [0.4, 0.5) is 28.4 Å². The van der Waals surface area contributed by atoms with Gasteiger partial charge < -0.3 is 21.1 Å². The number of carbonyl (C=O) groups excluding carboxylic acids is 3. The average molecular weight is 972 g/mol. The van der Waals surface area contributed by atoms with Crippen LogP contribution in [-0.4, -0.2) is 150 Å². The van der Waals surface area contributed by atoms with Gasteiger partial charge in [-0.05, 0) is 91.8 Å². The summed E-state index contributed by atoms with van der Waals surface area (Å²) >= 11 is 5.77. The van der Waals surface area contributed by atoms with Crippen LogP contribution in [0, 0.1) is 0 Å². The Hall–Kier alpha value is -1.88. The SMILES string of the molecule is C=C(Br)C(=O)Nc1cccc(C(=O)Nc2cc(S(=O)(=O)O)cc3cc(S(=O)(=O)O)c(N=Nc4cc(NC(=O)C(=C)Br)ccc4S(=O)(=O)O)c(O)c23)c1.[Na].[Na].[Na]. The van der Waals surface area contributed by atoms with E-state index in [-0.39, 0.29) is 115 Å². The normalized spacial score (nSPS) is 11.4. The molecule has 4 aromatic carbocycles. The van der Waals surface area contributed by atoms with Gasteiger partial charge in [0.15, 0.2) is 5.75 Å². The Morgan fingerprint density at radius 1 is 0.655 bits per heavy atom. The second-order valence-electron chi connectivity index (χ2n) is 10.2. The largest absolute Gasteiger partial charge is 0.505 e. The Labute approximate surface area is 396 Å². The fourth-order valence-electron chi connectivity index (χ4n) is 4.33. The Morgan fingerprint density at radius 3 is 1.71 bits per heavy atom. The number of nitrogens with zero attached hydrogens (tertiary/aromatic N) is 2. The van der Waals surface area contributed by atoms with Crippen LogP contribution in [0.2, 0.25) is 0 Å². The van der Waals surface area contributed by atoms with E-state index < -0.39 is 96.3 Å². The summed E-state index contributed by atoms with van der Waals surface area (Å²) in [5, 5.41) is 24.7. The molecule has 0 aliphatic heterocycles. The van der Waals surface area contributed by atoms with E-state index in [1.807, 2.05) is 0 Å². The number of benzene rings is 4. The van der Waals surface area contributed by atoms with Gasteiger partial charge in [-0.3, -0.25) is 28.0 Å². The van der Waals surface area contributed by atoms with Crippen LogP contribution in [0.1, 0.15) is 10.4 Å². The van der Waals surface area contributed by atoms with Crippen LogP contribution in [-0.2, 0) is 39.9 Å². The molecule has 0 heterocycles. The molecule has 0 fully saturated rings. The number of rotatable bonds is 11. The minimum absolute atomic E-state index is 0.